The molecule has 0 bridgehead atoms. The van der Waals surface area contributed by atoms with Gasteiger partial charge in [0, 0.05) is 11.0 Å². The number of hydrogen-bond acceptors (Lipinski definition) is 3. The van der Waals surface area contributed by atoms with E-state index in [2.05, 4.69) is 34.2 Å². The van der Waals surface area contributed by atoms with Gasteiger partial charge in [-0.25, -0.2) is 0 Å². The van der Waals surface area contributed by atoms with Gasteiger partial charge in [0.1, 0.15) is 24.7 Å². The molecule has 21 heavy (non-hydrogen) atoms. The summed E-state index contributed by atoms with van der Waals surface area (Å²) in [6, 6.07) is 15.8. The van der Waals surface area contributed by atoms with Crippen LogP contribution in [0.25, 0.3) is 0 Å². The van der Waals surface area contributed by atoms with Crippen LogP contribution in [0.1, 0.15) is 12.5 Å². The van der Waals surface area contributed by atoms with Crippen LogP contribution in [-0.4, -0.2) is 19.8 Å². The van der Waals surface area contributed by atoms with Crippen LogP contribution in [0.2, 0.25) is 0 Å². The third-order valence-corrected chi connectivity index (χ3v) is 3.72. The Labute approximate surface area is 134 Å². The molecule has 0 heterocycles. The van der Waals surface area contributed by atoms with Crippen molar-refractivity contribution >= 4 is 15.9 Å². The summed E-state index contributed by atoms with van der Waals surface area (Å²) < 4.78 is 12.4. The second-order valence-corrected chi connectivity index (χ2v) is 5.40. The largest absolute Gasteiger partial charge is 0.490 e. The van der Waals surface area contributed by atoms with Crippen molar-refractivity contribution in [3.05, 3.63) is 58.6 Å². The van der Waals surface area contributed by atoms with Crippen molar-refractivity contribution in [2.75, 3.05) is 19.8 Å². The Hall–Kier alpha value is -1.52. The molecule has 0 saturated heterocycles. The maximum Gasteiger partial charge on any atom is 0.122 e. The highest BCUT2D eigenvalue weighted by Gasteiger charge is 2.02. The first-order valence-electron chi connectivity index (χ1n) is 7.09. The summed E-state index contributed by atoms with van der Waals surface area (Å²) in [7, 11) is 0. The van der Waals surface area contributed by atoms with E-state index in [1.807, 2.05) is 42.5 Å². The molecule has 0 aliphatic heterocycles. The number of rotatable bonds is 8. The lowest BCUT2D eigenvalue weighted by Gasteiger charge is -2.11. The number of ether oxygens (including phenoxy) is 2. The summed E-state index contributed by atoms with van der Waals surface area (Å²) in [6.07, 6.45) is 0. The molecule has 1 N–H and O–H groups in total. The Morgan fingerprint density at radius 1 is 0.952 bits per heavy atom. The van der Waals surface area contributed by atoms with Gasteiger partial charge in [-0.05, 0) is 42.4 Å². The maximum atomic E-state index is 5.73. The van der Waals surface area contributed by atoms with E-state index in [0.717, 1.165) is 29.1 Å². The minimum Gasteiger partial charge on any atom is -0.490 e. The molecule has 0 saturated carbocycles. The third-order valence-electron chi connectivity index (χ3n) is 2.95. The summed E-state index contributed by atoms with van der Waals surface area (Å²) in [5, 5.41) is 3.31. The number of benzene rings is 2. The average Bonchev–Trinajstić information content (AvgIpc) is 2.52. The normalized spacial score (nSPS) is 10.4. The van der Waals surface area contributed by atoms with Crippen LogP contribution < -0.4 is 14.8 Å². The first-order chi connectivity index (χ1) is 10.3. The highest BCUT2D eigenvalue weighted by Crippen LogP contribution is 2.22. The molecule has 0 unspecified atom stereocenters. The zero-order valence-corrected chi connectivity index (χ0v) is 13.7. The molecule has 2 aromatic carbocycles. The second kappa shape index (κ2) is 8.70. The smallest absolute Gasteiger partial charge is 0.122 e. The van der Waals surface area contributed by atoms with Crippen LogP contribution in [-0.2, 0) is 6.54 Å². The molecule has 0 radical (unpaired) electrons. The van der Waals surface area contributed by atoms with Crippen LogP contribution in [0.15, 0.2) is 53.0 Å². The minimum atomic E-state index is 0.525. The fourth-order valence-electron chi connectivity index (χ4n) is 1.87. The van der Waals surface area contributed by atoms with Crippen molar-refractivity contribution in [2.45, 2.75) is 13.5 Å². The van der Waals surface area contributed by atoms with Gasteiger partial charge in [-0.1, -0.05) is 41.1 Å². The van der Waals surface area contributed by atoms with Crippen molar-refractivity contribution < 1.29 is 9.47 Å². The second-order valence-electron chi connectivity index (χ2n) is 4.54. The van der Waals surface area contributed by atoms with E-state index in [-0.39, 0.29) is 0 Å². The molecule has 112 valence electrons. The number of para-hydroxylation sites is 1. The highest BCUT2D eigenvalue weighted by atomic mass is 79.9. The summed E-state index contributed by atoms with van der Waals surface area (Å²) in [6.45, 7) is 4.92. The fourth-order valence-corrected chi connectivity index (χ4v) is 2.26. The van der Waals surface area contributed by atoms with E-state index >= 15 is 0 Å². The quantitative estimate of drug-likeness (QED) is 0.730. The van der Waals surface area contributed by atoms with Gasteiger partial charge in [0.05, 0.1) is 0 Å². The van der Waals surface area contributed by atoms with E-state index in [9.17, 15) is 0 Å². The zero-order valence-electron chi connectivity index (χ0n) is 12.1. The van der Waals surface area contributed by atoms with Gasteiger partial charge < -0.3 is 14.8 Å². The zero-order chi connectivity index (χ0) is 14.9. The molecule has 0 aliphatic rings. The average molecular weight is 350 g/mol. The molecular weight excluding hydrogens is 330 g/mol. The monoisotopic (exact) mass is 349 g/mol. The lowest BCUT2D eigenvalue weighted by Crippen LogP contribution is -2.13. The molecule has 0 atom stereocenters. The van der Waals surface area contributed by atoms with Gasteiger partial charge in [-0.3, -0.25) is 0 Å². The molecule has 0 aliphatic carbocycles. The predicted molar refractivity (Wildman–Crippen MR) is 89.0 cm³/mol. The standard InChI is InChI=1S/C17H20BrNO2/c1-2-19-13-14-12-16(8-9-17(14)18)21-11-10-20-15-6-4-3-5-7-15/h3-9,12,19H,2,10-11,13H2,1H3. The maximum absolute atomic E-state index is 5.73. The molecule has 2 rings (SSSR count). The van der Waals surface area contributed by atoms with E-state index in [1.165, 1.54) is 5.56 Å². The molecule has 0 fully saturated rings. The van der Waals surface area contributed by atoms with Crippen molar-refractivity contribution in [1.29, 1.82) is 0 Å². The van der Waals surface area contributed by atoms with Gasteiger partial charge >= 0.3 is 0 Å². The van der Waals surface area contributed by atoms with Gasteiger partial charge in [-0.2, -0.15) is 0 Å². The Balaban J connectivity index is 1.80. The van der Waals surface area contributed by atoms with Crippen molar-refractivity contribution in [3.63, 3.8) is 0 Å². The van der Waals surface area contributed by atoms with Crippen molar-refractivity contribution in [2.24, 2.45) is 0 Å². The van der Waals surface area contributed by atoms with Gasteiger partial charge in [0.25, 0.3) is 0 Å². The van der Waals surface area contributed by atoms with Gasteiger partial charge in [-0.15, -0.1) is 0 Å². The molecule has 0 aromatic heterocycles. The Kier molecular flexibility index (Phi) is 6.57. The summed E-state index contributed by atoms with van der Waals surface area (Å²) in [4.78, 5) is 0. The SMILES string of the molecule is CCNCc1cc(OCCOc2ccccc2)ccc1Br. The van der Waals surface area contributed by atoms with E-state index < -0.39 is 0 Å². The predicted octanol–water partition coefficient (Wildman–Crippen LogP) is 4.02. The third kappa shape index (κ3) is 5.40. The summed E-state index contributed by atoms with van der Waals surface area (Å²) in [5.74, 6) is 1.73. The first kappa shape index (κ1) is 15.9. The summed E-state index contributed by atoms with van der Waals surface area (Å²) in [5.41, 5.74) is 1.19. The molecule has 0 spiro atoms. The molecule has 4 heteroatoms. The number of halogens is 1. The Morgan fingerprint density at radius 3 is 2.38 bits per heavy atom. The highest BCUT2D eigenvalue weighted by molar-refractivity contribution is 9.10. The van der Waals surface area contributed by atoms with E-state index in [1.54, 1.807) is 0 Å². The Morgan fingerprint density at radius 2 is 1.67 bits per heavy atom. The van der Waals surface area contributed by atoms with Crippen LogP contribution in [0, 0.1) is 0 Å². The Bertz CT molecular complexity index is 546. The van der Waals surface area contributed by atoms with Crippen LogP contribution in [0.4, 0.5) is 0 Å². The lowest BCUT2D eigenvalue weighted by molar-refractivity contribution is 0.217. The topological polar surface area (TPSA) is 30.5 Å². The first-order valence-corrected chi connectivity index (χ1v) is 7.88. The molecular formula is C17H20BrNO2. The van der Waals surface area contributed by atoms with Crippen LogP contribution in [0.5, 0.6) is 11.5 Å². The van der Waals surface area contributed by atoms with Crippen molar-refractivity contribution in [3.8, 4) is 11.5 Å². The fraction of sp³-hybridized carbons (Fsp3) is 0.294. The number of hydrogen-bond donors (Lipinski definition) is 1. The minimum absolute atomic E-state index is 0.525. The van der Waals surface area contributed by atoms with Crippen LogP contribution in [0.3, 0.4) is 0 Å². The molecule has 3 nitrogen and oxygen atoms in total. The van der Waals surface area contributed by atoms with E-state index in [0.29, 0.717) is 13.2 Å². The van der Waals surface area contributed by atoms with Gasteiger partial charge in [0.2, 0.25) is 0 Å². The van der Waals surface area contributed by atoms with Gasteiger partial charge in [0.15, 0.2) is 0 Å². The van der Waals surface area contributed by atoms with E-state index in [4.69, 9.17) is 9.47 Å². The molecule has 2 aromatic rings. The number of nitrogens with one attached hydrogen (secondary N) is 1. The van der Waals surface area contributed by atoms with Crippen molar-refractivity contribution in [1.82, 2.24) is 5.32 Å². The molecule has 0 amide bonds. The lowest BCUT2D eigenvalue weighted by atomic mass is 10.2. The summed E-state index contributed by atoms with van der Waals surface area (Å²) >= 11 is 3.55. The van der Waals surface area contributed by atoms with Crippen LogP contribution >= 0.6 is 15.9 Å².